The Morgan fingerprint density at radius 1 is 1.00 bits per heavy atom. The Morgan fingerprint density at radius 3 is 2.40 bits per heavy atom. The van der Waals surface area contributed by atoms with Crippen LogP contribution in [0.15, 0.2) is 41.3 Å². The van der Waals surface area contributed by atoms with Crippen molar-refractivity contribution in [3.63, 3.8) is 0 Å². The predicted octanol–water partition coefficient (Wildman–Crippen LogP) is 3.17. The first-order valence-corrected chi connectivity index (χ1v) is 8.10. The summed E-state index contributed by atoms with van der Waals surface area (Å²) in [5.74, 6) is -0.0197. The first-order chi connectivity index (χ1) is 9.31. The summed E-state index contributed by atoms with van der Waals surface area (Å²) < 4.78 is 25.1. The van der Waals surface area contributed by atoms with E-state index < -0.39 is 9.84 Å². The summed E-state index contributed by atoms with van der Waals surface area (Å²) in [6.07, 6.45) is 0. The van der Waals surface area contributed by atoms with E-state index in [0.717, 1.165) is 22.3 Å². The van der Waals surface area contributed by atoms with E-state index in [2.05, 4.69) is 0 Å². The van der Waals surface area contributed by atoms with Gasteiger partial charge in [0.25, 0.3) is 0 Å². The molecule has 0 spiro atoms. The van der Waals surface area contributed by atoms with Gasteiger partial charge < -0.3 is 5.73 Å². The zero-order valence-electron chi connectivity index (χ0n) is 12.0. The molecule has 0 unspecified atom stereocenters. The number of nitrogens with two attached hydrogens (primary N) is 1. The Bertz CT molecular complexity index is 749. The number of sulfone groups is 1. The van der Waals surface area contributed by atoms with Gasteiger partial charge in [-0.3, -0.25) is 0 Å². The lowest BCUT2D eigenvalue weighted by Crippen LogP contribution is -2.09. The SMILES string of the molecule is Cc1ccc(C)c(CS(=O)(=O)c2cccc(C)c2N)c1. The second-order valence-corrected chi connectivity index (χ2v) is 7.13. The van der Waals surface area contributed by atoms with Crippen LogP contribution in [0.25, 0.3) is 0 Å². The fourth-order valence-electron chi connectivity index (χ4n) is 2.16. The Balaban J connectivity index is 2.46. The third-order valence-corrected chi connectivity index (χ3v) is 5.19. The molecule has 0 aliphatic carbocycles. The molecule has 0 aliphatic heterocycles. The maximum Gasteiger partial charge on any atom is 0.184 e. The topological polar surface area (TPSA) is 60.2 Å². The van der Waals surface area contributed by atoms with Crippen molar-refractivity contribution in [2.24, 2.45) is 0 Å². The van der Waals surface area contributed by atoms with E-state index in [9.17, 15) is 8.42 Å². The zero-order valence-corrected chi connectivity index (χ0v) is 12.8. The molecular weight excluding hydrogens is 270 g/mol. The van der Waals surface area contributed by atoms with Crippen molar-refractivity contribution in [2.45, 2.75) is 31.4 Å². The number of nitrogen functional groups attached to an aromatic ring is 1. The normalized spacial score (nSPS) is 11.6. The summed E-state index contributed by atoms with van der Waals surface area (Å²) in [5.41, 5.74) is 9.90. The van der Waals surface area contributed by atoms with Gasteiger partial charge in [0, 0.05) is 0 Å². The number of aryl methyl sites for hydroxylation is 3. The molecular formula is C16H19NO2S. The largest absolute Gasteiger partial charge is 0.397 e. The number of hydrogen-bond donors (Lipinski definition) is 1. The molecule has 2 aromatic carbocycles. The third kappa shape index (κ3) is 2.85. The van der Waals surface area contributed by atoms with Crippen LogP contribution in [0.2, 0.25) is 0 Å². The van der Waals surface area contributed by atoms with Gasteiger partial charge in [0.15, 0.2) is 9.84 Å². The average molecular weight is 289 g/mol. The van der Waals surface area contributed by atoms with Gasteiger partial charge in [-0.1, -0.05) is 35.9 Å². The highest BCUT2D eigenvalue weighted by Crippen LogP contribution is 2.26. The second-order valence-electron chi connectivity index (χ2n) is 5.18. The third-order valence-electron chi connectivity index (χ3n) is 3.47. The average Bonchev–Trinajstić information content (AvgIpc) is 2.36. The Labute approximate surface area is 120 Å². The van der Waals surface area contributed by atoms with Crippen molar-refractivity contribution in [3.05, 3.63) is 58.7 Å². The quantitative estimate of drug-likeness (QED) is 0.883. The number of para-hydroxylation sites is 1. The molecule has 0 fully saturated rings. The molecule has 106 valence electrons. The zero-order chi connectivity index (χ0) is 14.9. The van der Waals surface area contributed by atoms with Crippen molar-refractivity contribution in [1.29, 1.82) is 0 Å². The van der Waals surface area contributed by atoms with E-state index in [0.29, 0.717) is 5.69 Å². The van der Waals surface area contributed by atoms with Gasteiger partial charge in [0.05, 0.1) is 16.3 Å². The molecule has 0 aliphatic rings. The van der Waals surface area contributed by atoms with E-state index in [1.165, 1.54) is 0 Å². The van der Waals surface area contributed by atoms with Crippen LogP contribution in [-0.4, -0.2) is 8.42 Å². The molecule has 0 atom stereocenters. The summed E-state index contributed by atoms with van der Waals surface area (Å²) in [6.45, 7) is 5.69. The summed E-state index contributed by atoms with van der Waals surface area (Å²) in [4.78, 5) is 0.221. The fraction of sp³-hybridized carbons (Fsp3) is 0.250. The molecule has 4 heteroatoms. The standard InChI is InChI=1S/C16H19NO2S/c1-11-7-8-12(2)14(9-11)10-20(18,19)15-6-4-5-13(3)16(15)17/h4-9H,10,17H2,1-3H3. The minimum atomic E-state index is -3.43. The molecule has 0 heterocycles. The van der Waals surface area contributed by atoms with Crippen LogP contribution >= 0.6 is 0 Å². The molecule has 0 aromatic heterocycles. The lowest BCUT2D eigenvalue weighted by Gasteiger charge is -2.11. The van der Waals surface area contributed by atoms with E-state index in [4.69, 9.17) is 5.73 Å². The molecule has 0 saturated heterocycles. The van der Waals surface area contributed by atoms with Gasteiger partial charge in [-0.25, -0.2) is 8.42 Å². The van der Waals surface area contributed by atoms with Crippen molar-refractivity contribution >= 4 is 15.5 Å². The molecule has 3 nitrogen and oxygen atoms in total. The molecule has 0 radical (unpaired) electrons. The Kier molecular flexibility index (Phi) is 3.86. The molecule has 0 bridgehead atoms. The first kappa shape index (κ1) is 14.6. The maximum atomic E-state index is 12.6. The molecule has 2 aromatic rings. The minimum Gasteiger partial charge on any atom is -0.397 e. The van der Waals surface area contributed by atoms with Crippen LogP contribution in [0.1, 0.15) is 22.3 Å². The number of hydrogen-bond acceptors (Lipinski definition) is 3. The van der Waals surface area contributed by atoms with Crippen LogP contribution in [0.5, 0.6) is 0 Å². The van der Waals surface area contributed by atoms with Crippen LogP contribution < -0.4 is 5.73 Å². The van der Waals surface area contributed by atoms with E-state index in [1.54, 1.807) is 12.1 Å². The highest BCUT2D eigenvalue weighted by molar-refractivity contribution is 7.90. The molecule has 2 N–H and O–H groups in total. The van der Waals surface area contributed by atoms with Crippen LogP contribution in [-0.2, 0) is 15.6 Å². The van der Waals surface area contributed by atoms with Gasteiger partial charge in [0.2, 0.25) is 0 Å². The maximum absolute atomic E-state index is 12.6. The fourth-order valence-corrected chi connectivity index (χ4v) is 3.82. The molecule has 2 rings (SSSR count). The lowest BCUT2D eigenvalue weighted by molar-refractivity contribution is 0.595. The van der Waals surface area contributed by atoms with Gasteiger partial charge in [-0.2, -0.15) is 0 Å². The summed E-state index contributed by atoms with van der Waals surface area (Å²) in [7, 11) is -3.43. The second kappa shape index (κ2) is 5.29. The Hall–Kier alpha value is -1.81. The van der Waals surface area contributed by atoms with Crippen molar-refractivity contribution in [1.82, 2.24) is 0 Å². The molecule has 0 amide bonds. The van der Waals surface area contributed by atoms with Crippen LogP contribution in [0, 0.1) is 20.8 Å². The van der Waals surface area contributed by atoms with Crippen molar-refractivity contribution in [2.75, 3.05) is 5.73 Å². The van der Waals surface area contributed by atoms with Gasteiger partial charge >= 0.3 is 0 Å². The lowest BCUT2D eigenvalue weighted by atomic mass is 10.1. The van der Waals surface area contributed by atoms with Crippen LogP contribution in [0.3, 0.4) is 0 Å². The monoisotopic (exact) mass is 289 g/mol. The first-order valence-electron chi connectivity index (χ1n) is 6.45. The van der Waals surface area contributed by atoms with Gasteiger partial charge in [0.1, 0.15) is 0 Å². The van der Waals surface area contributed by atoms with Crippen LogP contribution in [0.4, 0.5) is 5.69 Å². The van der Waals surface area contributed by atoms with Gasteiger partial charge in [-0.15, -0.1) is 0 Å². The number of anilines is 1. The van der Waals surface area contributed by atoms with E-state index in [-0.39, 0.29) is 10.6 Å². The highest BCUT2D eigenvalue weighted by Gasteiger charge is 2.20. The summed E-state index contributed by atoms with van der Waals surface area (Å²) in [6, 6.07) is 10.9. The Morgan fingerprint density at radius 2 is 1.70 bits per heavy atom. The predicted molar refractivity (Wildman–Crippen MR) is 82.4 cm³/mol. The number of rotatable bonds is 3. The highest BCUT2D eigenvalue weighted by atomic mass is 32.2. The molecule has 0 saturated carbocycles. The summed E-state index contributed by atoms with van der Waals surface area (Å²) >= 11 is 0. The van der Waals surface area contributed by atoms with Gasteiger partial charge in [-0.05, 0) is 43.5 Å². The minimum absolute atomic E-state index is 0.0197. The molecule has 20 heavy (non-hydrogen) atoms. The smallest absolute Gasteiger partial charge is 0.184 e. The van der Waals surface area contributed by atoms with Crippen molar-refractivity contribution < 1.29 is 8.42 Å². The number of benzene rings is 2. The van der Waals surface area contributed by atoms with E-state index >= 15 is 0 Å². The summed E-state index contributed by atoms with van der Waals surface area (Å²) in [5, 5.41) is 0. The van der Waals surface area contributed by atoms with E-state index in [1.807, 2.05) is 45.0 Å². The van der Waals surface area contributed by atoms with Crippen molar-refractivity contribution in [3.8, 4) is 0 Å².